The first-order chi connectivity index (χ1) is 10.2. The molecule has 0 bridgehead atoms. The van der Waals surface area contributed by atoms with Crippen molar-refractivity contribution in [1.29, 1.82) is 0 Å². The number of carbonyl (C=O) groups excluding carboxylic acids is 2. The number of β-lactam (4-membered cyclic amide) rings is 1. The molecule has 0 unspecified atom stereocenters. The Hall–Kier alpha value is -1.44. The van der Waals surface area contributed by atoms with Crippen molar-refractivity contribution >= 4 is 11.9 Å². The fourth-order valence-corrected chi connectivity index (χ4v) is 4.11. The zero-order chi connectivity index (χ0) is 16.4. The van der Waals surface area contributed by atoms with Gasteiger partial charge in [-0.1, -0.05) is 6.92 Å². The van der Waals surface area contributed by atoms with Gasteiger partial charge in [-0.3, -0.25) is 4.79 Å². The topological polar surface area (TPSA) is 89.9 Å². The summed E-state index contributed by atoms with van der Waals surface area (Å²) in [4.78, 5) is 31.0. The fraction of sp³-hybridized carbons (Fsp3) is 0.733. The minimum atomic E-state index is -1.34. The summed E-state index contributed by atoms with van der Waals surface area (Å²) in [5, 5.41) is 21.4. The van der Waals surface area contributed by atoms with Crippen LogP contribution >= 0.6 is 0 Å². The summed E-state index contributed by atoms with van der Waals surface area (Å²) >= 11 is 0. The number of hydrogen-bond donors (Lipinski definition) is 1. The van der Waals surface area contributed by atoms with Crippen molar-refractivity contribution in [2.75, 3.05) is 20.6 Å². The molecule has 0 aliphatic carbocycles. The smallest absolute Gasteiger partial charge is 0.235 e. The van der Waals surface area contributed by atoms with Gasteiger partial charge in [0.2, 0.25) is 5.91 Å². The number of rotatable bonds is 3. The van der Waals surface area contributed by atoms with E-state index in [1.165, 1.54) is 4.90 Å². The number of carbonyl (C=O) groups is 2. The summed E-state index contributed by atoms with van der Waals surface area (Å²) in [6.45, 7) is 4.24. The van der Waals surface area contributed by atoms with Crippen LogP contribution in [0.3, 0.4) is 0 Å². The third kappa shape index (κ3) is 2.00. The van der Waals surface area contributed by atoms with E-state index in [2.05, 4.69) is 0 Å². The van der Waals surface area contributed by atoms with E-state index >= 15 is 0 Å². The maximum Gasteiger partial charge on any atom is 0.235 e. The van der Waals surface area contributed by atoms with Crippen LogP contribution in [0.2, 0.25) is 0 Å². The first kappa shape index (κ1) is 15.5. The highest BCUT2D eigenvalue weighted by Crippen LogP contribution is 2.49. The van der Waals surface area contributed by atoms with Crippen molar-refractivity contribution in [2.24, 2.45) is 11.8 Å². The Bertz CT molecular complexity index is 568. The SMILES string of the molecule is C[C@@H](O)[C@H]1C(=O)N2C(C(=O)[O-])=C([C@H]3CC[N+](C)(C)O3)[C@H](C)[C@H]12. The molecule has 5 atom stereocenters. The van der Waals surface area contributed by atoms with E-state index in [9.17, 15) is 19.8 Å². The number of aliphatic carboxylic acids is 1. The van der Waals surface area contributed by atoms with Gasteiger partial charge < -0.3 is 19.9 Å². The highest BCUT2D eigenvalue weighted by Gasteiger charge is 2.60. The molecule has 3 heterocycles. The molecule has 1 N–H and O–H groups in total. The van der Waals surface area contributed by atoms with E-state index < -0.39 is 18.0 Å². The van der Waals surface area contributed by atoms with E-state index in [4.69, 9.17) is 4.84 Å². The molecule has 0 radical (unpaired) electrons. The number of quaternary nitrogens is 1. The molecule has 0 aromatic carbocycles. The molecule has 3 aliphatic rings. The molecular formula is C15H22N2O5. The lowest BCUT2D eigenvalue weighted by Crippen LogP contribution is -2.64. The molecule has 22 heavy (non-hydrogen) atoms. The quantitative estimate of drug-likeness (QED) is 0.513. The van der Waals surface area contributed by atoms with Crippen LogP contribution in [0.25, 0.3) is 0 Å². The number of aliphatic hydroxyl groups excluding tert-OH is 1. The number of hydroxylamine groups is 3. The number of carboxylic acid groups (broad SMARTS) is 1. The second kappa shape index (κ2) is 4.78. The average molecular weight is 310 g/mol. The zero-order valence-corrected chi connectivity index (χ0v) is 13.3. The lowest BCUT2D eigenvalue weighted by atomic mass is 9.77. The van der Waals surface area contributed by atoms with Gasteiger partial charge in [-0.15, -0.1) is 0 Å². The monoisotopic (exact) mass is 310 g/mol. The average Bonchev–Trinajstić information content (AvgIpc) is 2.85. The highest BCUT2D eigenvalue weighted by atomic mass is 16.7. The Labute approximate surface area is 129 Å². The van der Waals surface area contributed by atoms with Gasteiger partial charge in [-0.25, -0.2) is 0 Å². The Morgan fingerprint density at radius 1 is 1.50 bits per heavy atom. The molecule has 0 aromatic heterocycles. The first-order valence-corrected chi connectivity index (χ1v) is 7.63. The Balaban J connectivity index is 1.98. The Kier molecular flexibility index (Phi) is 3.36. The summed E-state index contributed by atoms with van der Waals surface area (Å²) in [6.07, 6.45) is -0.418. The maximum absolute atomic E-state index is 12.2. The van der Waals surface area contributed by atoms with Gasteiger partial charge in [0, 0.05) is 12.3 Å². The van der Waals surface area contributed by atoms with Crippen LogP contribution in [0.4, 0.5) is 0 Å². The normalized spacial score (nSPS) is 38.0. The molecule has 2 saturated heterocycles. The van der Waals surface area contributed by atoms with Crippen molar-refractivity contribution in [3.05, 3.63) is 11.3 Å². The van der Waals surface area contributed by atoms with Crippen molar-refractivity contribution < 1.29 is 29.3 Å². The van der Waals surface area contributed by atoms with Crippen molar-refractivity contribution in [3.8, 4) is 0 Å². The minimum absolute atomic E-state index is 0.0497. The first-order valence-electron chi connectivity index (χ1n) is 7.63. The van der Waals surface area contributed by atoms with E-state index in [0.29, 0.717) is 16.6 Å². The van der Waals surface area contributed by atoms with Crippen LogP contribution in [0.1, 0.15) is 20.3 Å². The number of fused-ring (bicyclic) bond motifs is 1. The largest absolute Gasteiger partial charge is 0.543 e. The molecule has 0 spiro atoms. The van der Waals surface area contributed by atoms with E-state index in [1.807, 2.05) is 21.0 Å². The number of carboxylic acids is 1. The summed E-state index contributed by atoms with van der Waals surface area (Å²) < 4.78 is 0.361. The zero-order valence-electron chi connectivity index (χ0n) is 13.3. The molecule has 3 rings (SSSR count). The molecule has 1 amide bonds. The molecule has 7 nitrogen and oxygen atoms in total. The second-order valence-electron chi connectivity index (χ2n) is 7.03. The predicted octanol–water partition coefficient (Wildman–Crippen LogP) is -1.37. The lowest BCUT2D eigenvalue weighted by molar-refractivity contribution is -1.06. The third-order valence-electron chi connectivity index (χ3n) is 5.11. The van der Waals surface area contributed by atoms with Gasteiger partial charge in [0.1, 0.15) is 12.6 Å². The van der Waals surface area contributed by atoms with Crippen LogP contribution in [0.5, 0.6) is 0 Å². The third-order valence-corrected chi connectivity index (χ3v) is 5.11. The van der Waals surface area contributed by atoms with Gasteiger partial charge in [-0.05, 0) is 12.5 Å². The van der Waals surface area contributed by atoms with Gasteiger partial charge in [0.25, 0.3) is 0 Å². The fourth-order valence-electron chi connectivity index (χ4n) is 4.11. The lowest BCUT2D eigenvalue weighted by Gasteiger charge is -2.47. The molecular weight excluding hydrogens is 288 g/mol. The van der Waals surface area contributed by atoms with Crippen LogP contribution < -0.4 is 5.11 Å². The molecule has 3 aliphatic heterocycles. The molecule has 122 valence electrons. The number of nitrogens with zero attached hydrogens (tertiary/aromatic N) is 2. The van der Waals surface area contributed by atoms with E-state index in [0.717, 1.165) is 6.54 Å². The maximum atomic E-state index is 12.2. The number of aliphatic hydroxyl groups is 1. The number of hydrogen-bond acceptors (Lipinski definition) is 5. The van der Waals surface area contributed by atoms with Crippen LogP contribution in [0, 0.1) is 11.8 Å². The van der Waals surface area contributed by atoms with Gasteiger partial charge in [-0.2, -0.15) is 9.48 Å². The van der Waals surface area contributed by atoms with E-state index in [1.54, 1.807) is 6.92 Å². The van der Waals surface area contributed by atoms with Crippen LogP contribution in [-0.4, -0.2) is 65.4 Å². The van der Waals surface area contributed by atoms with Crippen LogP contribution in [0.15, 0.2) is 11.3 Å². The van der Waals surface area contributed by atoms with Crippen molar-refractivity contribution in [3.63, 3.8) is 0 Å². The van der Waals surface area contributed by atoms with Crippen molar-refractivity contribution in [1.82, 2.24) is 4.90 Å². The molecule has 0 saturated carbocycles. The number of amides is 1. The highest BCUT2D eigenvalue weighted by molar-refractivity contribution is 5.99. The standard InChI is InChI=1S/C15H22N2O5/c1-7-10(9-5-6-17(3,4)22-9)13(15(20)21)16-12(7)11(8(2)18)14(16)19/h7-9,11-12,18H,5-6H2,1-4H3/t7-,8+,9+,11+,12+/m0/s1. The van der Waals surface area contributed by atoms with Crippen molar-refractivity contribution in [2.45, 2.75) is 38.5 Å². The Morgan fingerprint density at radius 3 is 2.59 bits per heavy atom. The van der Waals surface area contributed by atoms with Gasteiger partial charge in [0.05, 0.1) is 43.8 Å². The summed E-state index contributed by atoms with van der Waals surface area (Å²) in [5.41, 5.74) is 0.580. The molecule has 0 aromatic rings. The van der Waals surface area contributed by atoms with Gasteiger partial charge >= 0.3 is 0 Å². The van der Waals surface area contributed by atoms with E-state index in [-0.39, 0.29) is 29.7 Å². The predicted molar refractivity (Wildman–Crippen MR) is 73.5 cm³/mol. The van der Waals surface area contributed by atoms with Gasteiger partial charge in [0.15, 0.2) is 0 Å². The minimum Gasteiger partial charge on any atom is -0.543 e. The summed E-state index contributed by atoms with van der Waals surface area (Å²) in [5.74, 6) is -2.39. The van der Waals surface area contributed by atoms with Crippen LogP contribution in [-0.2, 0) is 14.4 Å². The Morgan fingerprint density at radius 2 is 2.14 bits per heavy atom. The summed E-state index contributed by atoms with van der Waals surface area (Å²) in [6, 6.07) is -0.310. The molecule has 2 fully saturated rings. The summed E-state index contributed by atoms with van der Waals surface area (Å²) in [7, 11) is 3.83. The molecule has 7 heteroatoms. The second-order valence-corrected chi connectivity index (χ2v) is 7.03.